The molecule has 1 N–H and O–H groups in total. The lowest BCUT2D eigenvalue weighted by Crippen LogP contribution is -2.28. The Kier molecular flexibility index (Phi) is 7.22. The van der Waals surface area contributed by atoms with Gasteiger partial charge in [-0.3, -0.25) is 9.69 Å². The van der Waals surface area contributed by atoms with E-state index in [-0.39, 0.29) is 18.3 Å². The highest BCUT2D eigenvalue weighted by molar-refractivity contribution is 5.77. The standard InChI is InChI=1S/C22H27FN2O2/c23-20-8-10-21(11-9-20)27-17-22(26)24-15-18-6-5-7-19(14-18)16-25-12-3-1-2-4-13-25/h5-11,14H,1-4,12-13,15-17H2,(H,24,26). The molecule has 5 heteroatoms. The molecule has 0 spiro atoms. The molecule has 0 unspecified atom stereocenters. The number of halogens is 1. The Morgan fingerprint density at radius 3 is 2.44 bits per heavy atom. The molecule has 0 bridgehead atoms. The number of carbonyl (C=O) groups is 1. The van der Waals surface area contributed by atoms with E-state index < -0.39 is 0 Å². The highest BCUT2D eigenvalue weighted by Gasteiger charge is 2.10. The number of benzene rings is 2. The van der Waals surface area contributed by atoms with Crippen LogP contribution in [-0.2, 0) is 17.9 Å². The summed E-state index contributed by atoms with van der Waals surface area (Å²) >= 11 is 0. The van der Waals surface area contributed by atoms with Gasteiger partial charge in [-0.1, -0.05) is 37.1 Å². The first-order valence-electron chi connectivity index (χ1n) is 9.64. The van der Waals surface area contributed by atoms with Gasteiger partial charge in [0, 0.05) is 13.1 Å². The molecule has 1 amide bonds. The Bertz CT molecular complexity index is 725. The molecular weight excluding hydrogens is 343 g/mol. The van der Waals surface area contributed by atoms with E-state index >= 15 is 0 Å². The lowest BCUT2D eigenvalue weighted by atomic mass is 10.1. The Labute approximate surface area is 160 Å². The van der Waals surface area contributed by atoms with E-state index in [4.69, 9.17) is 4.74 Å². The predicted molar refractivity (Wildman–Crippen MR) is 104 cm³/mol. The molecule has 0 atom stereocenters. The van der Waals surface area contributed by atoms with Crippen LogP contribution in [0.2, 0.25) is 0 Å². The van der Waals surface area contributed by atoms with Crippen LogP contribution in [0, 0.1) is 5.82 Å². The van der Waals surface area contributed by atoms with Crippen molar-refractivity contribution < 1.29 is 13.9 Å². The summed E-state index contributed by atoms with van der Waals surface area (Å²) < 4.78 is 18.2. The number of hydrogen-bond acceptors (Lipinski definition) is 3. The van der Waals surface area contributed by atoms with Crippen molar-refractivity contribution in [3.05, 3.63) is 65.5 Å². The fraction of sp³-hybridized carbons (Fsp3) is 0.409. The van der Waals surface area contributed by atoms with Gasteiger partial charge in [0.2, 0.25) is 0 Å². The second kappa shape index (κ2) is 10.1. The second-order valence-corrected chi connectivity index (χ2v) is 7.03. The van der Waals surface area contributed by atoms with Crippen molar-refractivity contribution in [1.29, 1.82) is 0 Å². The molecule has 0 saturated carbocycles. The van der Waals surface area contributed by atoms with Gasteiger partial charge >= 0.3 is 0 Å². The Morgan fingerprint density at radius 1 is 1.00 bits per heavy atom. The van der Waals surface area contributed by atoms with Crippen molar-refractivity contribution in [1.82, 2.24) is 10.2 Å². The van der Waals surface area contributed by atoms with Gasteiger partial charge in [-0.2, -0.15) is 0 Å². The van der Waals surface area contributed by atoms with Crippen LogP contribution < -0.4 is 10.1 Å². The third-order valence-corrected chi connectivity index (χ3v) is 4.77. The number of amides is 1. The lowest BCUT2D eigenvalue weighted by Gasteiger charge is -2.20. The fourth-order valence-corrected chi connectivity index (χ4v) is 3.32. The highest BCUT2D eigenvalue weighted by atomic mass is 19.1. The van der Waals surface area contributed by atoms with Crippen molar-refractivity contribution in [2.45, 2.75) is 38.8 Å². The molecule has 0 aliphatic carbocycles. The fourth-order valence-electron chi connectivity index (χ4n) is 3.32. The van der Waals surface area contributed by atoms with Crippen LogP contribution in [0.5, 0.6) is 5.75 Å². The normalized spacial score (nSPS) is 15.1. The first kappa shape index (κ1) is 19.4. The van der Waals surface area contributed by atoms with Crippen LogP contribution in [0.3, 0.4) is 0 Å². The maximum Gasteiger partial charge on any atom is 0.258 e. The van der Waals surface area contributed by atoms with E-state index in [1.807, 2.05) is 12.1 Å². The zero-order valence-electron chi connectivity index (χ0n) is 15.6. The molecule has 4 nitrogen and oxygen atoms in total. The van der Waals surface area contributed by atoms with E-state index in [9.17, 15) is 9.18 Å². The Hall–Kier alpha value is -2.40. The quantitative estimate of drug-likeness (QED) is 0.804. The van der Waals surface area contributed by atoms with Crippen molar-refractivity contribution >= 4 is 5.91 Å². The van der Waals surface area contributed by atoms with Crippen molar-refractivity contribution in [2.75, 3.05) is 19.7 Å². The van der Waals surface area contributed by atoms with Crippen molar-refractivity contribution in [3.63, 3.8) is 0 Å². The van der Waals surface area contributed by atoms with Gasteiger partial charge in [0.1, 0.15) is 11.6 Å². The van der Waals surface area contributed by atoms with E-state index in [0.717, 1.165) is 12.1 Å². The minimum absolute atomic E-state index is 0.0842. The van der Waals surface area contributed by atoms with Crippen LogP contribution in [-0.4, -0.2) is 30.5 Å². The van der Waals surface area contributed by atoms with Crippen LogP contribution in [0.25, 0.3) is 0 Å². The van der Waals surface area contributed by atoms with Gasteiger partial charge in [0.15, 0.2) is 6.61 Å². The number of nitrogens with zero attached hydrogens (tertiary/aromatic N) is 1. The SMILES string of the molecule is O=C(COc1ccc(F)cc1)NCc1cccc(CN2CCCCCC2)c1. The highest BCUT2D eigenvalue weighted by Crippen LogP contribution is 2.14. The summed E-state index contributed by atoms with van der Waals surface area (Å²) in [4.78, 5) is 14.5. The van der Waals surface area contributed by atoms with Gasteiger partial charge in [-0.15, -0.1) is 0 Å². The van der Waals surface area contributed by atoms with Gasteiger partial charge in [0.25, 0.3) is 5.91 Å². The van der Waals surface area contributed by atoms with E-state index in [0.29, 0.717) is 12.3 Å². The van der Waals surface area contributed by atoms with Crippen LogP contribution in [0.1, 0.15) is 36.8 Å². The molecule has 0 aromatic heterocycles. The van der Waals surface area contributed by atoms with E-state index in [1.165, 1.54) is 68.6 Å². The van der Waals surface area contributed by atoms with Crippen LogP contribution >= 0.6 is 0 Å². The third-order valence-electron chi connectivity index (χ3n) is 4.77. The lowest BCUT2D eigenvalue weighted by molar-refractivity contribution is -0.123. The first-order chi connectivity index (χ1) is 13.2. The summed E-state index contributed by atoms with van der Waals surface area (Å²) in [7, 11) is 0. The summed E-state index contributed by atoms with van der Waals surface area (Å²) in [5.74, 6) is -0.0462. The molecule has 3 rings (SSSR count). The molecule has 2 aromatic carbocycles. The van der Waals surface area contributed by atoms with E-state index in [1.54, 1.807) is 0 Å². The number of nitrogens with one attached hydrogen (secondary N) is 1. The molecule has 1 fully saturated rings. The average Bonchev–Trinajstić information content (AvgIpc) is 2.95. The molecule has 1 aliphatic heterocycles. The predicted octanol–water partition coefficient (Wildman–Crippen LogP) is 3.90. The minimum atomic E-state index is -0.327. The molecule has 144 valence electrons. The second-order valence-electron chi connectivity index (χ2n) is 7.03. The zero-order valence-corrected chi connectivity index (χ0v) is 15.6. The Morgan fingerprint density at radius 2 is 1.70 bits per heavy atom. The molecule has 1 aliphatic rings. The van der Waals surface area contributed by atoms with Crippen molar-refractivity contribution in [3.8, 4) is 5.75 Å². The topological polar surface area (TPSA) is 41.6 Å². The summed E-state index contributed by atoms with van der Waals surface area (Å²) in [5, 5.41) is 2.87. The average molecular weight is 370 g/mol. The first-order valence-corrected chi connectivity index (χ1v) is 9.64. The molecular formula is C22H27FN2O2. The number of carbonyl (C=O) groups excluding carboxylic acids is 1. The summed E-state index contributed by atoms with van der Waals surface area (Å²) in [5.41, 5.74) is 2.36. The van der Waals surface area contributed by atoms with Gasteiger partial charge in [-0.05, 0) is 61.3 Å². The third kappa shape index (κ3) is 6.68. The smallest absolute Gasteiger partial charge is 0.258 e. The van der Waals surface area contributed by atoms with Gasteiger partial charge < -0.3 is 10.1 Å². The van der Waals surface area contributed by atoms with Gasteiger partial charge in [-0.25, -0.2) is 4.39 Å². The summed E-state index contributed by atoms with van der Waals surface area (Å²) in [6.45, 7) is 3.69. The number of likely N-dealkylation sites (tertiary alicyclic amines) is 1. The molecule has 2 aromatic rings. The number of ether oxygens (including phenoxy) is 1. The summed E-state index contributed by atoms with van der Waals surface area (Å²) in [6.07, 6.45) is 5.23. The number of hydrogen-bond donors (Lipinski definition) is 1. The Balaban J connectivity index is 1.44. The minimum Gasteiger partial charge on any atom is -0.484 e. The number of rotatable bonds is 7. The summed E-state index contributed by atoms with van der Waals surface area (Å²) in [6, 6.07) is 14.0. The molecule has 1 heterocycles. The van der Waals surface area contributed by atoms with E-state index in [2.05, 4.69) is 22.3 Å². The van der Waals surface area contributed by atoms with Gasteiger partial charge in [0.05, 0.1) is 0 Å². The monoisotopic (exact) mass is 370 g/mol. The molecule has 27 heavy (non-hydrogen) atoms. The zero-order chi connectivity index (χ0) is 18.9. The molecule has 1 saturated heterocycles. The van der Waals surface area contributed by atoms with Crippen LogP contribution in [0.15, 0.2) is 48.5 Å². The maximum absolute atomic E-state index is 12.9. The largest absolute Gasteiger partial charge is 0.484 e. The van der Waals surface area contributed by atoms with Crippen LogP contribution in [0.4, 0.5) is 4.39 Å². The van der Waals surface area contributed by atoms with Crippen molar-refractivity contribution in [2.24, 2.45) is 0 Å². The maximum atomic E-state index is 12.9. The molecule has 0 radical (unpaired) electrons.